The van der Waals surface area contributed by atoms with Crippen molar-refractivity contribution in [2.24, 2.45) is 0 Å². The van der Waals surface area contributed by atoms with Crippen LogP contribution >= 0.6 is 0 Å². The van der Waals surface area contributed by atoms with Gasteiger partial charge in [0.1, 0.15) is 12.4 Å². The second-order valence-electron chi connectivity index (χ2n) is 5.95. The first-order chi connectivity index (χ1) is 13.3. The van der Waals surface area contributed by atoms with Crippen molar-refractivity contribution in [2.45, 2.75) is 20.5 Å². The lowest BCUT2D eigenvalue weighted by molar-refractivity contribution is -0.147. The predicted octanol–water partition coefficient (Wildman–Crippen LogP) is 3.23. The fraction of sp³-hybridized carbons (Fsp3) is 0.286. The molecule has 0 fully saturated rings. The molecule has 0 amide bonds. The zero-order valence-corrected chi connectivity index (χ0v) is 16.2. The fourth-order valence-corrected chi connectivity index (χ4v) is 2.45. The predicted molar refractivity (Wildman–Crippen MR) is 101 cm³/mol. The van der Waals surface area contributed by atoms with Gasteiger partial charge in [0.15, 0.2) is 29.7 Å². The monoisotopic (exact) mass is 386 g/mol. The van der Waals surface area contributed by atoms with Crippen LogP contribution in [0.1, 0.15) is 40.1 Å². The van der Waals surface area contributed by atoms with E-state index in [1.165, 1.54) is 28.1 Å². The van der Waals surface area contributed by atoms with Crippen molar-refractivity contribution in [3.05, 3.63) is 53.1 Å². The first kappa shape index (κ1) is 21.0. The summed E-state index contributed by atoms with van der Waals surface area (Å²) in [5.41, 5.74) is 1.55. The number of methoxy groups -OCH3 is 2. The number of Topliss-reactive ketones (excluding diaryl/α,β-unsaturated/α-hetero) is 2. The van der Waals surface area contributed by atoms with Gasteiger partial charge in [-0.3, -0.25) is 9.59 Å². The Morgan fingerprint density at radius 1 is 0.786 bits per heavy atom. The van der Waals surface area contributed by atoms with E-state index in [1.807, 2.05) is 0 Å². The molecule has 0 spiro atoms. The van der Waals surface area contributed by atoms with Gasteiger partial charge in [-0.15, -0.1) is 0 Å². The molecular weight excluding hydrogens is 364 g/mol. The van der Waals surface area contributed by atoms with E-state index in [-0.39, 0.29) is 24.8 Å². The largest absolute Gasteiger partial charge is 0.496 e. The third-order valence-electron chi connectivity index (χ3n) is 3.99. The first-order valence-corrected chi connectivity index (χ1v) is 8.51. The highest BCUT2D eigenvalue weighted by molar-refractivity contribution is 5.95. The average molecular weight is 386 g/mol. The standard InChI is InChI=1S/C21H22O7/c1-13(22)15-5-7-18(25-3)17(9-15)11-28-21(24)12-27-19-8-6-16(14(2)23)10-20(19)26-4/h5-10H,11-12H2,1-4H3. The van der Waals surface area contributed by atoms with Gasteiger partial charge in [-0.1, -0.05) is 0 Å². The molecule has 2 rings (SSSR count). The summed E-state index contributed by atoms with van der Waals surface area (Å²) >= 11 is 0. The molecule has 0 aromatic heterocycles. The van der Waals surface area contributed by atoms with Gasteiger partial charge in [0, 0.05) is 16.7 Å². The van der Waals surface area contributed by atoms with Gasteiger partial charge in [0.2, 0.25) is 0 Å². The van der Waals surface area contributed by atoms with E-state index in [9.17, 15) is 14.4 Å². The van der Waals surface area contributed by atoms with E-state index in [0.717, 1.165) is 0 Å². The minimum Gasteiger partial charge on any atom is -0.496 e. The Morgan fingerprint density at radius 3 is 1.93 bits per heavy atom. The molecule has 0 aliphatic carbocycles. The number of carbonyl (C=O) groups excluding carboxylic acids is 3. The molecular formula is C21H22O7. The molecule has 0 saturated heterocycles. The highest BCUT2D eigenvalue weighted by Crippen LogP contribution is 2.28. The topological polar surface area (TPSA) is 88.1 Å². The Morgan fingerprint density at radius 2 is 1.36 bits per heavy atom. The fourth-order valence-electron chi connectivity index (χ4n) is 2.45. The Balaban J connectivity index is 1.99. The Labute approximate surface area is 163 Å². The molecule has 0 radical (unpaired) electrons. The third-order valence-corrected chi connectivity index (χ3v) is 3.99. The third kappa shape index (κ3) is 5.33. The van der Waals surface area contributed by atoms with Gasteiger partial charge in [-0.05, 0) is 50.2 Å². The summed E-state index contributed by atoms with van der Waals surface area (Å²) in [5.74, 6) is 0.371. The maximum atomic E-state index is 12.0. The molecule has 0 saturated carbocycles. The van der Waals surface area contributed by atoms with Gasteiger partial charge in [0.05, 0.1) is 14.2 Å². The lowest BCUT2D eigenvalue weighted by Crippen LogP contribution is -2.15. The Hall–Kier alpha value is -3.35. The summed E-state index contributed by atoms with van der Waals surface area (Å²) < 4.78 is 21.1. The number of rotatable bonds is 9. The maximum Gasteiger partial charge on any atom is 0.344 e. The molecule has 2 aromatic carbocycles. The van der Waals surface area contributed by atoms with Crippen molar-refractivity contribution < 1.29 is 33.3 Å². The molecule has 7 heteroatoms. The summed E-state index contributed by atoms with van der Waals surface area (Å²) in [5, 5.41) is 0. The molecule has 7 nitrogen and oxygen atoms in total. The van der Waals surface area contributed by atoms with Crippen LogP contribution in [0.5, 0.6) is 17.2 Å². The number of ether oxygens (including phenoxy) is 4. The van der Waals surface area contributed by atoms with Crippen molar-refractivity contribution in [3.63, 3.8) is 0 Å². The van der Waals surface area contributed by atoms with E-state index in [1.54, 1.807) is 36.4 Å². The molecule has 148 valence electrons. The van der Waals surface area contributed by atoms with Crippen LogP contribution in [0.15, 0.2) is 36.4 Å². The van der Waals surface area contributed by atoms with Gasteiger partial charge < -0.3 is 18.9 Å². The molecule has 0 bridgehead atoms. The highest BCUT2D eigenvalue weighted by atomic mass is 16.6. The van der Waals surface area contributed by atoms with Crippen LogP contribution in [-0.4, -0.2) is 38.4 Å². The zero-order valence-electron chi connectivity index (χ0n) is 16.2. The van der Waals surface area contributed by atoms with E-state index in [2.05, 4.69) is 0 Å². The van der Waals surface area contributed by atoms with Crippen LogP contribution in [0, 0.1) is 0 Å². The average Bonchev–Trinajstić information content (AvgIpc) is 2.69. The second kappa shape index (κ2) is 9.55. The van der Waals surface area contributed by atoms with Crippen molar-refractivity contribution in [2.75, 3.05) is 20.8 Å². The zero-order chi connectivity index (χ0) is 20.7. The van der Waals surface area contributed by atoms with Gasteiger partial charge in [0.25, 0.3) is 0 Å². The number of carbonyl (C=O) groups is 3. The van der Waals surface area contributed by atoms with E-state index in [0.29, 0.717) is 33.9 Å². The molecule has 0 N–H and O–H groups in total. The molecule has 0 heterocycles. The summed E-state index contributed by atoms with van der Waals surface area (Å²) in [6.45, 7) is 2.50. The number of hydrogen-bond donors (Lipinski definition) is 0. The molecule has 0 aliphatic heterocycles. The summed E-state index contributed by atoms with van der Waals surface area (Å²) in [6.07, 6.45) is 0. The summed E-state index contributed by atoms with van der Waals surface area (Å²) in [6, 6.07) is 9.61. The second-order valence-corrected chi connectivity index (χ2v) is 5.95. The summed E-state index contributed by atoms with van der Waals surface area (Å²) in [7, 11) is 2.94. The smallest absolute Gasteiger partial charge is 0.344 e. The van der Waals surface area contributed by atoms with Crippen LogP contribution < -0.4 is 14.2 Å². The minimum absolute atomic E-state index is 0.0626. The van der Waals surface area contributed by atoms with E-state index in [4.69, 9.17) is 18.9 Å². The molecule has 2 aromatic rings. The number of benzene rings is 2. The van der Waals surface area contributed by atoms with Crippen LogP contribution in [-0.2, 0) is 16.1 Å². The lowest BCUT2D eigenvalue weighted by Gasteiger charge is -2.13. The minimum atomic E-state index is -0.604. The van der Waals surface area contributed by atoms with Crippen LogP contribution in [0.25, 0.3) is 0 Å². The van der Waals surface area contributed by atoms with Crippen LogP contribution in [0.4, 0.5) is 0 Å². The SMILES string of the molecule is COc1ccc(C(C)=O)cc1COC(=O)COc1ccc(C(C)=O)cc1OC. The molecule has 0 unspecified atom stereocenters. The van der Waals surface area contributed by atoms with Gasteiger partial charge in [-0.25, -0.2) is 4.79 Å². The van der Waals surface area contributed by atoms with Crippen molar-refractivity contribution >= 4 is 17.5 Å². The van der Waals surface area contributed by atoms with Crippen molar-refractivity contribution in [3.8, 4) is 17.2 Å². The quantitative estimate of drug-likeness (QED) is 0.483. The Bertz CT molecular complexity index is 886. The molecule has 28 heavy (non-hydrogen) atoms. The Kier molecular flexibility index (Phi) is 7.14. The number of ketones is 2. The van der Waals surface area contributed by atoms with Crippen molar-refractivity contribution in [1.29, 1.82) is 0 Å². The highest BCUT2D eigenvalue weighted by Gasteiger charge is 2.13. The summed E-state index contributed by atoms with van der Waals surface area (Å²) in [4.78, 5) is 35.0. The normalized spacial score (nSPS) is 10.1. The lowest BCUT2D eigenvalue weighted by atomic mass is 10.1. The van der Waals surface area contributed by atoms with Crippen LogP contribution in [0.3, 0.4) is 0 Å². The first-order valence-electron chi connectivity index (χ1n) is 8.51. The van der Waals surface area contributed by atoms with E-state index >= 15 is 0 Å². The van der Waals surface area contributed by atoms with Crippen molar-refractivity contribution in [1.82, 2.24) is 0 Å². The number of esters is 1. The van der Waals surface area contributed by atoms with E-state index < -0.39 is 5.97 Å². The van der Waals surface area contributed by atoms with Gasteiger partial charge >= 0.3 is 5.97 Å². The molecule has 0 atom stereocenters. The van der Waals surface area contributed by atoms with Gasteiger partial charge in [-0.2, -0.15) is 0 Å². The molecule has 0 aliphatic rings. The van der Waals surface area contributed by atoms with Crippen LogP contribution in [0.2, 0.25) is 0 Å². The number of hydrogen-bond acceptors (Lipinski definition) is 7. The maximum absolute atomic E-state index is 12.0.